The van der Waals surface area contributed by atoms with E-state index in [4.69, 9.17) is 5.11 Å². The highest BCUT2D eigenvalue weighted by Gasteiger charge is 2.37. The van der Waals surface area contributed by atoms with Gasteiger partial charge >= 0.3 is 18.0 Å². The zero-order valence-corrected chi connectivity index (χ0v) is 8.15. The third-order valence-corrected chi connectivity index (χ3v) is 1.65. The van der Waals surface area contributed by atoms with Crippen LogP contribution >= 0.6 is 0 Å². The largest absolute Gasteiger partial charge is 0.573 e. The summed E-state index contributed by atoms with van der Waals surface area (Å²) in [5.41, 5.74) is -4.42. The Balaban J connectivity index is 3.55. The molecule has 2 N–H and O–H groups in total. The third kappa shape index (κ3) is 2.75. The van der Waals surface area contributed by atoms with E-state index >= 15 is 0 Å². The van der Waals surface area contributed by atoms with Crippen molar-refractivity contribution in [2.75, 3.05) is 0 Å². The molecule has 0 saturated heterocycles. The van der Waals surface area contributed by atoms with E-state index in [0.717, 1.165) is 0 Å². The van der Waals surface area contributed by atoms with Crippen molar-refractivity contribution in [1.82, 2.24) is 4.98 Å². The van der Waals surface area contributed by atoms with E-state index in [9.17, 15) is 32.9 Å². The molecular weight excluding hydrogens is 265 g/mol. The molecule has 0 spiro atoms. The van der Waals surface area contributed by atoms with Crippen LogP contribution in [0.3, 0.4) is 0 Å². The van der Waals surface area contributed by atoms with E-state index in [2.05, 4.69) is 4.74 Å². The van der Waals surface area contributed by atoms with E-state index in [-0.39, 0.29) is 6.20 Å². The summed E-state index contributed by atoms with van der Waals surface area (Å²) in [6.07, 6.45) is -5.00. The minimum atomic E-state index is -5.27. The van der Waals surface area contributed by atoms with E-state index in [1.54, 1.807) is 4.98 Å². The van der Waals surface area contributed by atoms with Crippen LogP contribution in [0.5, 0.6) is 5.75 Å². The molecule has 0 bridgehead atoms. The SMILES string of the molecule is O=C(O)c1c([N+](=O)[O-])c(OC(F)(F)F)c[nH]c1=O. The van der Waals surface area contributed by atoms with Crippen LogP contribution in [0.15, 0.2) is 11.0 Å². The number of carbonyl (C=O) groups is 1. The zero-order chi connectivity index (χ0) is 14.1. The fourth-order valence-electron chi connectivity index (χ4n) is 1.08. The molecular formula is C7H3F3N2O6. The van der Waals surface area contributed by atoms with Crippen molar-refractivity contribution in [3.8, 4) is 5.75 Å². The average molecular weight is 268 g/mol. The summed E-state index contributed by atoms with van der Waals surface area (Å²) >= 11 is 0. The Morgan fingerprint density at radius 1 is 1.50 bits per heavy atom. The van der Waals surface area contributed by atoms with Gasteiger partial charge in [-0.15, -0.1) is 13.2 Å². The molecule has 1 rings (SSSR count). The maximum absolute atomic E-state index is 11.9. The minimum absolute atomic E-state index is 0.264. The van der Waals surface area contributed by atoms with Gasteiger partial charge in [0, 0.05) is 0 Å². The summed E-state index contributed by atoms with van der Waals surface area (Å²) in [5, 5.41) is 19.1. The van der Waals surface area contributed by atoms with Crippen molar-refractivity contribution in [1.29, 1.82) is 0 Å². The summed E-state index contributed by atoms with van der Waals surface area (Å²) in [6.45, 7) is 0. The van der Waals surface area contributed by atoms with E-state index in [1.165, 1.54) is 0 Å². The number of H-pyrrole nitrogens is 1. The molecule has 0 atom stereocenters. The molecule has 98 valence electrons. The first kappa shape index (κ1) is 13.5. The van der Waals surface area contributed by atoms with E-state index < -0.39 is 39.8 Å². The lowest BCUT2D eigenvalue weighted by molar-refractivity contribution is -0.389. The Labute approximate surface area is 94.8 Å². The van der Waals surface area contributed by atoms with Crippen molar-refractivity contribution >= 4 is 11.7 Å². The van der Waals surface area contributed by atoms with Crippen LogP contribution in [-0.4, -0.2) is 27.3 Å². The van der Waals surface area contributed by atoms with Gasteiger partial charge in [0.05, 0.1) is 11.1 Å². The number of nitrogens with zero attached hydrogens (tertiary/aromatic N) is 1. The normalized spacial score (nSPS) is 11.1. The van der Waals surface area contributed by atoms with Gasteiger partial charge in [0.1, 0.15) is 0 Å². The molecule has 0 aliphatic heterocycles. The Kier molecular flexibility index (Phi) is 3.26. The molecule has 0 fully saturated rings. The maximum Gasteiger partial charge on any atom is 0.573 e. The first-order chi connectivity index (χ1) is 8.13. The third-order valence-electron chi connectivity index (χ3n) is 1.65. The highest BCUT2D eigenvalue weighted by molar-refractivity contribution is 5.93. The number of aromatic carboxylic acids is 1. The molecule has 0 aliphatic carbocycles. The molecule has 1 heterocycles. The molecule has 0 amide bonds. The second-order valence-electron chi connectivity index (χ2n) is 2.82. The Bertz CT molecular complexity index is 563. The molecule has 1 aromatic heterocycles. The number of pyridine rings is 1. The lowest BCUT2D eigenvalue weighted by Crippen LogP contribution is -2.23. The highest BCUT2D eigenvalue weighted by Crippen LogP contribution is 2.32. The molecule has 0 unspecified atom stereocenters. The van der Waals surface area contributed by atoms with E-state index in [0.29, 0.717) is 0 Å². The topological polar surface area (TPSA) is 123 Å². The molecule has 18 heavy (non-hydrogen) atoms. The number of nitro groups is 1. The fraction of sp³-hybridized carbons (Fsp3) is 0.143. The number of rotatable bonds is 3. The second-order valence-corrected chi connectivity index (χ2v) is 2.82. The van der Waals surface area contributed by atoms with Crippen LogP contribution in [0.2, 0.25) is 0 Å². The number of aromatic nitrogens is 1. The standard InChI is InChI=1S/C7H3F3N2O6/c8-7(9,10)18-2-1-11-5(13)3(6(14)15)4(2)12(16)17/h1H,(H,11,13)(H,14,15). The van der Waals surface area contributed by atoms with Gasteiger partial charge in [0.25, 0.3) is 5.56 Å². The summed E-state index contributed by atoms with van der Waals surface area (Å²) < 4.78 is 39.1. The number of hydrogen-bond acceptors (Lipinski definition) is 5. The van der Waals surface area contributed by atoms with Gasteiger partial charge in [-0.05, 0) is 0 Å². The zero-order valence-electron chi connectivity index (χ0n) is 8.15. The quantitative estimate of drug-likeness (QED) is 0.619. The smallest absolute Gasteiger partial charge is 0.477 e. The summed E-state index contributed by atoms with van der Waals surface area (Å²) in [7, 11) is 0. The Morgan fingerprint density at radius 3 is 2.44 bits per heavy atom. The van der Waals surface area contributed by atoms with Gasteiger partial charge in [-0.25, -0.2) is 4.79 Å². The summed E-state index contributed by atoms with van der Waals surface area (Å²) in [6, 6.07) is 0. The van der Waals surface area contributed by atoms with Crippen LogP contribution in [0.4, 0.5) is 18.9 Å². The van der Waals surface area contributed by atoms with Crippen LogP contribution in [0.1, 0.15) is 10.4 Å². The lowest BCUT2D eigenvalue weighted by Gasteiger charge is -2.09. The molecule has 0 aromatic carbocycles. The van der Waals surface area contributed by atoms with Gasteiger partial charge in [-0.1, -0.05) is 0 Å². The first-order valence-corrected chi connectivity index (χ1v) is 4.02. The van der Waals surface area contributed by atoms with Crippen molar-refractivity contribution in [2.24, 2.45) is 0 Å². The van der Waals surface area contributed by atoms with Gasteiger partial charge < -0.3 is 14.8 Å². The predicted octanol–water partition coefficient (Wildman–Crippen LogP) is 0.880. The monoisotopic (exact) mass is 268 g/mol. The molecule has 0 aliphatic rings. The molecule has 1 aromatic rings. The van der Waals surface area contributed by atoms with E-state index in [1.807, 2.05) is 0 Å². The Hall–Kier alpha value is -2.59. The van der Waals surface area contributed by atoms with Crippen LogP contribution in [0.25, 0.3) is 0 Å². The molecule has 11 heteroatoms. The number of halogens is 3. The number of alkyl halides is 3. The van der Waals surface area contributed by atoms with Gasteiger partial charge in [-0.2, -0.15) is 0 Å². The number of carboxylic acid groups (broad SMARTS) is 1. The maximum atomic E-state index is 11.9. The average Bonchev–Trinajstić information content (AvgIpc) is 2.17. The van der Waals surface area contributed by atoms with Gasteiger partial charge in [-0.3, -0.25) is 14.9 Å². The van der Waals surface area contributed by atoms with Crippen molar-refractivity contribution < 1.29 is 32.7 Å². The molecule has 0 saturated carbocycles. The first-order valence-electron chi connectivity index (χ1n) is 4.02. The number of carboxylic acids is 1. The highest BCUT2D eigenvalue weighted by atomic mass is 19.4. The Morgan fingerprint density at radius 2 is 2.06 bits per heavy atom. The van der Waals surface area contributed by atoms with Crippen molar-refractivity contribution in [3.63, 3.8) is 0 Å². The predicted molar refractivity (Wildman–Crippen MR) is 47.4 cm³/mol. The summed E-state index contributed by atoms with van der Waals surface area (Å²) in [5.74, 6) is -3.46. The van der Waals surface area contributed by atoms with Crippen molar-refractivity contribution in [2.45, 2.75) is 6.36 Å². The minimum Gasteiger partial charge on any atom is -0.477 e. The van der Waals surface area contributed by atoms with Crippen molar-refractivity contribution in [3.05, 3.63) is 32.2 Å². The number of nitrogens with one attached hydrogen (secondary N) is 1. The summed E-state index contributed by atoms with van der Waals surface area (Å²) in [4.78, 5) is 32.3. The van der Waals surface area contributed by atoms with Crippen LogP contribution < -0.4 is 10.3 Å². The number of hydrogen-bond donors (Lipinski definition) is 2. The number of ether oxygens (including phenoxy) is 1. The lowest BCUT2D eigenvalue weighted by atomic mass is 10.2. The molecule has 0 radical (unpaired) electrons. The fourth-order valence-corrected chi connectivity index (χ4v) is 1.08. The van der Waals surface area contributed by atoms with Crippen LogP contribution in [-0.2, 0) is 0 Å². The van der Waals surface area contributed by atoms with Gasteiger partial charge in [0.15, 0.2) is 0 Å². The number of aromatic amines is 1. The second kappa shape index (κ2) is 4.35. The molecule has 8 nitrogen and oxygen atoms in total. The van der Waals surface area contributed by atoms with Crippen LogP contribution in [0, 0.1) is 10.1 Å². The van der Waals surface area contributed by atoms with Gasteiger partial charge in [0.2, 0.25) is 11.3 Å².